The Morgan fingerprint density at radius 3 is 2.79 bits per heavy atom. The molecule has 3 N–H and O–H groups in total. The lowest BCUT2D eigenvalue weighted by Crippen LogP contribution is -2.51. The number of hydrogen-bond acceptors (Lipinski definition) is 8. The second-order valence-corrected chi connectivity index (χ2v) is 7.68. The number of fused-ring (bicyclic) bond motifs is 1. The van der Waals surface area contributed by atoms with Gasteiger partial charge in [0.05, 0.1) is 6.61 Å². The lowest BCUT2D eigenvalue weighted by Gasteiger charge is -2.21. The number of nitrogens with zero attached hydrogens (tertiary/aromatic N) is 1. The van der Waals surface area contributed by atoms with Gasteiger partial charge >= 0.3 is 0 Å². The van der Waals surface area contributed by atoms with Crippen LogP contribution in [0, 0.1) is 0 Å². The molecule has 2 aromatic carbocycles. The van der Waals surface area contributed by atoms with Gasteiger partial charge in [-0.25, -0.2) is 10.4 Å². The van der Waals surface area contributed by atoms with Gasteiger partial charge in [-0.1, -0.05) is 12.1 Å². The van der Waals surface area contributed by atoms with Gasteiger partial charge in [0.25, 0.3) is 5.91 Å². The third kappa shape index (κ3) is 5.27. The van der Waals surface area contributed by atoms with Crippen LogP contribution in [-0.2, 0) is 16.1 Å². The number of aliphatic imine (C=N–C) groups is 1. The molecule has 9 heteroatoms. The fourth-order valence-corrected chi connectivity index (χ4v) is 3.49. The topological polar surface area (TPSA) is 111 Å². The summed E-state index contributed by atoms with van der Waals surface area (Å²) in [6.45, 7) is 5.03. The smallest absolute Gasteiger partial charge is 0.266 e. The Balaban J connectivity index is 1.38. The van der Waals surface area contributed by atoms with E-state index in [1.807, 2.05) is 30.3 Å². The number of hydrogen-bond donors (Lipinski definition) is 3. The Hall–Kier alpha value is -3.56. The highest BCUT2D eigenvalue weighted by atomic mass is 16.7. The lowest BCUT2D eigenvalue weighted by atomic mass is 9.97. The number of carbonyl (C=O) groups is 1. The molecule has 2 heterocycles. The van der Waals surface area contributed by atoms with Crippen LogP contribution in [-0.4, -0.2) is 49.1 Å². The third-order valence-electron chi connectivity index (χ3n) is 5.27. The summed E-state index contributed by atoms with van der Waals surface area (Å²) >= 11 is 0. The number of hydrazine groups is 1. The van der Waals surface area contributed by atoms with E-state index in [4.69, 9.17) is 24.1 Å². The summed E-state index contributed by atoms with van der Waals surface area (Å²) in [5, 5.41) is 8.85. The molecule has 0 fully saturated rings. The molecule has 0 saturated carbocycles. The van der Waals surface area contributed by atoms with Crippen molar-refractivity contribution in [2.45, 2.75) is 24.9 Å². The first-order valence-electron chi connectivity index (χ1n) is 10.7. The Bertz CT molecular complexity index is 1020. The molecular formula is C24H27N3O6. The SMILES string of the molecule is C=CC[C@@]1(C(=O)NNCc2ccc3c(c2)OCO3)COC(c2ccc(OCCCO)cc2)=N1. The first kappa shape index (κ1) is 22.6. The Labute approximate surface area is 192 Å². The molecule has 174 valence electrons. The Morgan fingerprint density at radius 2 is 2.00 bits per heavy atom. The van der Waals surface area contributed by atoms with E-state index in [1.165, 1.54) is 0 Å². The van der Waals surface area contributed by atoms with Gasteiger partial charge in [-0.2, -0.15) is 0 Å². The van der Waals surface area contributed by atoms with Crippen LogP contribution in [0.5, 0.6) is 17.2 Å². The van der Waals surface area contributed by atoms with E-state index in [0.29, 0.717) is 49.1 Å². The van der Waals surface area contributed by atoms with Gasteiger partial charge in [0.15, 0.2) is 17.0 Å². The van der Waals surface area contributed by atoms with Crippen LogP contribution in [0.3, 0.4) is 0 Å². The van der Waals surface area contributed by atoms with Gasteiger partial charge in [0.2, 0.25) is 12.7 Å². The largest absolute Gasteiger partial charge is 0.494 e. The fraction of sp³-hybridized carbons (Fsp3) is 0.333. The number of benzene rings is 2. The summed E-state index contributed by atoms with van der Waals surface area (Å²) in [6.07, 6.45) is 2.56. The molecule has 2 aromatic rings. The fourth-order valence-electron chi connectivity index (χ4n) is 3.49. The highest BCUT2D eigenvalue weighted by Crippen LogP contribution is 2.32. The van der Waals surface area contributed by atoms with E-state index in [-0.39, 0.29) is 25.9 Å². The van der Waals surface area contributed by atoms with Crippen molar-refractivity contribution in [3.63, 3.8) is 0 Å². The standard InChI is InChI=1S/C24H27N3O6/c1-2-10-24(23(29)27-25-14-17-4-9-20-21(13-17)33-16-32-20)15-31-22(26-24)18-5-7-19(8-6-18)30-12-3-11-28/h2,4-9,13,25,28H,1,3,10-12,14-16H2,(H,27,29)/t24-/m0/s1. The second-order valence-electron chi connectivity index (χ2n) is 7.68. The van der Waals surface area contributed by atoms with Crippen molar-refractivity contribution in [3.05, 3.63) is 66.2 Å². The van der Waals surface area contributed by atoms with E-state index in [2.05, 4.69) is 22.4 Å². The molecule has 0 spiro atoms. The van der Waals surface area contributed by atoms with Crippen LogP contribution < -0.4 is 25.1 Å². The first-order valence-corrected chi connectivity index (χ1v) is 10.7. The predicted octanol–water partition coefficient (Wildman–Crippen LogP) is 2.09. The van der Waals surface area contributed by atoms with Gasteiger partial charge in [-0.3, -0.25) is 10.2 Å². The molecule has 1 amide bonds. The molecule has 2 aliphatic rings. The van der Waals surface area contributed by atoms with Crippen LogP contribution in [0.2, 0.25) is 0 Å². The van der Waals surface area contributed by atoms with Crippen LogP contribution in [0.15, 0.2) is 60.1 Å². The molecule has 0 aliphatic carbocycles. The summed E-state index contributed by atoms with van der Waals surface area (Å²) in [4.78, 5) is 17.6. The van der Waals surface area contributed by atoms with Gasteiger partial charge in [0, 0.05) is 31.6 Å². The van der Waals surface area contributed by atoms with Crippen molar-refractivity contribution in [2.24, 2.45) is 4.99 Å². The third-order valence-corrected chi connectivity index (χ3v) is 5.27. The number of nitrogens with one attached hydrogen (secondary N) is 2. The first-order chi connectivity index (χ1) is 16.1. The molecule has 2 aliphatic heterocycles. The summed E-state index contributed by atoms with van der Waals surface area (Å²) in [5.74, 6) is 2.18. The zero-order valence-electron chi connectivity index (χ0n) is 18.2. The number of carbonyl (C=O) groups excluding carboxylic acids is 1. The van der Waals surface area contributed by atoms with E-state index < -0.39 is 5.54 Å². The maximum atomic E-state index is 13.0. The molecule has 0 saturated heterocycles. The summed E-state index contributed by atoms with van der Waals surface area (Å²) < 4.78 is 22.0. The number of rotatable bonds is 11. The highest BCUT2D eigenvalue weighted by Gasteiger charge is 2.43. The quantitative estimate of drug-likeness (QED) is 0.271. The molecule has 0 radical (unpaired) electrons. The van der Waals surface area contributed by atoms with Gasteiger partial charge in [-0.15, -0.1) is 6.58 Å². The minimum Gasteiger partial charge on any atom is -0.494 e. The zero-order chi connectivity index (χ0) is 23.1. The van der Waals surface area contributed by atoms with Crippen LogP contribution in [0.4, 0.5) is 0 Å². The monoisotopic (exact) mass is 453 g/mol. The van der Waals surface area contributed by atoms with E-state index in [9.17, 15) is 4.79 Å². The average molecular weight is 453 g/mol. The maximum absolute atomic E-state index is 13.0. The number of aliphatic hydroxyl groups is 1. The Kier molecular flexibility index (Phi) is 7.11. The summed E-state index contributed by atoms with van der Waals surface area (Å²) in [7, 11) is 0. The van der Waals surface area contributed by atoms with Crippen molar-refractivity contribution >= 4 is 11.8 Å². The van der Waals surface area contributed by atoms with Crippen LogP contribution >= 0.6 is 0 Å². The van der Waals surface area contributed by atoms with Crippen molar-refractivity contribution in [2.75, 3.05) is 26.6 Å². The van der Waals surface area contributed by atoms with Crippen LogP contribution in [0.1, 0.15) is 24.0 Å². The minimum atomic E-state index is -1.10. The normalized spacial score (nSPS) is 18.4. The molecule has 0 unspecified atom stereocenters. The maximum Gasteiger partial charge on any atom is 0.266 e. The molecule has 4 rings (SSSR count). The molecule has 0 bridgehead atoms. The molecule has 0 aromatic heterocycles. The average Bonchev–Trinajstić information content (AvgIpc) is 3.48. The number of ether oxygens (including phenoxy) is 4. The van der Waals surface area contributed by atoms with Gasteiger partial charge in [-0.05, 0) is 42.0 Å². The summed E-state index contributed by atoms with van der Waals surface area (Å²) in [6, 6.07) is 12.9. The van der Waals surface area contributed by atoms with E-state index in [1.54, 1.807) is 18.2 Å². The van der Waals surface area contributed by atoms with E-state index in [0.717, 1.165) is 11.1 Å². The minimum absolute atomic E-state index is 0.0850. The Morgan fingerprint density at radius 1 is 1.18 bits per heavy atom. The highest BCUT2D eigenvalue weighted by molar-refractivity contribution is 6.00. The van der Waals surface area contributed by atoms with Crippen molar-refractivity contribution < 1.29 is 28.8 Å². The number of aliphatic hydroxyl groups excluding tert-OH is 1. The predicted molar refractivity (Wildman–Crippen MR) is 121 cm³/mol. The zero-order valence-corrected chi connectivity index (χ0v) is 18.2. The summed E-state index contributed by atoms with van der Waals surface area (Å²) in [5.41, 5.74) is 6.27. The van der Waals surface area contributed by atoms with Crippen LogP contribution in [0.25, 0.3) is 0 Å². The lowest BCUT2D eigenvalue weighted by molar-refractivity contribution is -0.127. The van der Waals surface area contributed by atoms with Crippen molar-refractivity contribution in [3.8, 4) is 17.2 Å². The van der Waals surface area contributed by atoms with Crippen molar-refractivity contribution in [1.82, 2.24) is 10.9 Å². The van der Waals surface area contributed by atoms with Gasteiger partial charge < -0.3 is 24.1 Å². The van der Waals surface area contributed by atoms with E-state index >= 15 is 0 Å². The van der Waals surface area contributed by atoms with Gasteiger partial charge in [0.1, 0.15) is 12.4 Å². The van der Waals surface area contributed by atoms with Crippen molar-refractivity contribution in [1.29, 1.82) is 0 Å². The molecule has 9 nitrogen and oxygen atoms in total. The molecule has 33 heavy (non-hydrogen) atoms. The molecule has 1 atom stereocenters. The number of amides is 1. The molecular weight excluding hydrogens is 426 g/mol. The second kappa shape index (κ2) is 10.4.